The highest BCUT2D eigenvalue weighted by molar-refractivity contribution is 5.96. The molecule has 0 bridgehead atoms. The quantitative estimate of drug-likeness (QED) is 0.704. The van der Waals surface area contributed by atoms with Crippen molar-refractivity contribution < 1.29 is 4.79 Å². The van der Waals surface area contributed by atoms with Gasteiger partial charge in [-0.1, -0.05) is 30.3 Å². The lowest BCUT2D eigenvalue weighted by atomic mass is 9.97. The van der Waals surface area contributed by atoms with Gasteiger partial charge in [0, 0.05) is 50.3 Å². The Hall–Kier alpha value is -3.01. The van der Waals surface area contributed by atoms with E-state index in [9.17, 15) is 4.79 Å². The molecule has 1 aliphatic heterocycles. The second kappa shape index (κ2) is 6.95. The molecule has 0 N–H and O–H groups in total. The van der Waals surface area contributed by atoms with Crippen LogP contribution >= 0.6 is 0 Å². The van der Waals surface area contributed by atoms with E-state index in [4.69, 9.17) is 0 Å². The summed E-state index contributed by atoms with van der Waals surface area (Å²) in [5, 5.41) is 0. The molecule has 1 amide bonds. The standard InChI is InChI=1S/C23H25N3O/c1-17-7-4-5-8-20(17)23(27)26-16-15-25-14-6-9-21(25)22(26)18-10-12-19(13-11-18)24(2)3/h4-14,22H,15-16H2,1-3H3/t22-/m0/s1. The Bertz CT molecular complexity index is 956. The summed E-state index contributed by atoms with van der Waals surface area (Å²) in [6.07, 6.45) is 2.10. The molecule has 4 heteroatoms. The van der Waals surface area contributed by atoms with Crippen molar-refractivity contribution in [1.82, 2.24) is 9.47 Å². The Morgan fingerprint density at radius 3 is 2.41 bits per heavy atom. The predicted octanol–water partition coefficient (Wildman–Crippen LogP) is 4.11. The average molecular weight is 359 g/mol. The molecule has 3 aromatic rings. The third kappa shape index (κ3) is 3.12. The normalized spacial score (nSPS) is 16.1. The number of carbonyl (C=O) groups excluding carboxylic acids is 1. The van der Waals surface area contributed by atoms with Gasteiger partial charge in [0.2, 0.25) is 0 Å². The number of anilines is 1. The van der Waals surface area contributed by atoms with Crippen LogP contribution in [-0.2, 0) is 6.54 Å². The van der Waals surface area contributed by atoms with Crippen molar-refractivity contribution in [3.63, 3.8) is 0 Å². The maximum Gasteiger partial charge on any atom is 0.255 e. The molecule has 0 unspecified atom stereocenters. The lowest BCUT2D eigenvalue weighted by molar-refractivity contribution is 0.0663. The number of aryl methyl sites for hydroxylation is 1. The van der Waals surface area contributed by atoms with Crippen molar-refractivity contribution in [2.75, 3.05) is 25.5 Å². The minimum absolute atomic E-state index is 0.0722. The molecule has 0 spiro atoms. The topological polar surface area (TPSA) is 28.5 Å². The third-order valence-corrected chi connectivity index (χ3v) is 5.40. The van der Waals surface area contributed by atoms with Crippen LogP contribution in [-0.4, -0.2) is 36.0 Å². The van der Waals surface area contributed by atoms with Gasteiger partial charge in [-0.05, 0) is 48.4 Å². The number of rotatable bonds is 3. The van der Waals surface area contributed by atoms with E-state index in [0.29, 0.717) is 6.54 Å². The van der Waals surface area contributed by atoms with Gasteiger partial charge in [0.1, 0.15) is 0 Å². The van der Waals surface area contributed by atoms with E-state index in [2.05, 4.69) is 52.1 Å². The van der Waals surface area contributed by atoms with E-state index in [1.165, 1.54) is 5.69 Å². The Labute approximate surface area is 160 Å². The highest BCUT2D eigenvalue weighted by Gasteiger charge is 2.33. The third-order valence-electron chi connectivity index (χ3n) is 5.40. The molecular weight excluding hydrogens is 334 g/mol. The van der Waals surface area contributed by atoms with E-state index < -0.39 is 0 Å². The lowest BCUT2D eigenvalue weighted by Gasteiger charge is -2.37. The van der Waals surface area contributed by atoms with E-state index in [-0.39, 0.29) is 11.9 Å². The van der Waals surface area contributed by atoms with Crippen molar-refractivity contribution >= 4 is 11.6 Å². The molecule has 4 nitrogen and oxygen atoms in total. The van der Waals surface area contributed by atoms with Gasteiger partial charge in [0.05, 0.1) is 6.04 Å². The molecular formula is C23H25N3O. The Morgan fingerprint density at radius 2 is 1.70 bits per heavy atom. The number of fused-ring (bicyclic) bond motifs is 1. The van der Waals surface area contributed by atoms with Gasteiger partial charge in [-0.3, -0.25) is 4.79 Å². The van der Waals surface area contributed by atoms with Gasteiger partial charge in [-0.25, -0.2) is 0 Å². The zero-order valence-electron chi connectivity index (χ0n) is 16.1. The first-order valence-electron chi connectivity index (χ1n) is 9.35. The monoisotopic (exact) mass is 359 g/mol. The van der Waals surface area contributed by atoms with Crippen LogP contribution in [0.2, 0.25) is 0 Å². The van der Waals surface area contributed by atoms with E-state index >= 15 is 0 Å². The summed E-state index contributed by atoms with van der Waals surface area (Å²) in [6, 6.07) is 20.5. The van der Waals surface area contributed by atoms with Crippen LogP contribution in [0.5, 0.6) is 0 Å². The summed E-state index contributed by atoms with van der Waals surface area (Å²) in [6.45, 7) is 3.53. The van der Waals surface area contributed by atoms with Crippen LogP contribution in [0.15, 0.2) is 66.9 Å². The molecule has 138 valence electrons. The Balaban J connectivity index is 1.77. The second-order valence-corrected chi connectivity index (χ2v) is 7.33. The van der Waals surface area contributed by atoms with Crippen LogP contribution < -0.4 is 4.90 Å². The van der Waals surface area contributed by atoms with E-state index in [1.54, 1.807) is 0 Å². The first kappa shape index (κ1) is 17.4. The molecule has 0 saturated heterocycles. The van der Waals surface area contributed by atoms with Gasteiger partial charge < -0.3 is 14.4 Å². The molecule has 1 aromatic heterocycles. The number of aromatic nitrogens is 1. The van der Waals surface area contributed by atoms with Gasteiger partial charge in [-0.2, -0.15) is 0 Å². The summed E-state index contributed by atoms with van der Waals surface area (Å²) in [5.41, 5.74) is 5.27. The van der Waals surface area contributed by atoms with Crippen LogP contribution in [0.1, 0.15) is 33.2 Å². The highest BCUT2D eigenvalue weighted by atomic mass is 16.2. The zero-order chi connectivity index (χ0) is 19.0. The molecule has 0 fully saturated rings. The fourth-order valence-corrected chi connectivity index (χ4v) is 3.88. The molecule has 4 rings (SSSR count). The first-order valence-corrected chi connectivity index (χ1v) is 9.35. The van der Waals surface area contributed by atoms with Crippen molar-refractivity contribution in [2.24, 2.45) is 0 Å². The van der Waals surface area contributed by atoms with Crippen LogP contribution in [0.4, 0.5) is 5.69 Å². The van der Waals surface area contributed by atoms with E-state index in [0.717, 1.165) is 28.9 Å². The molecule has 27 heavy (non-hydrogen) atoms. The van der Waals surface area contributed by atoms with Gasteiger partial charge in [0.15, 0.2) is 0 Å². The maximum absolute atomic E-state index is 13.4. The van der Waals surface area contributed by atoms with Crippen LogP contribution in [0.3, 0.4) is 0 Å². The number of carbonyl (C=O) groups is 1. The smallest absolute Gasteiger partial charge is 0.255 e. The number of nitrogens with zero attached hydrogens (tertiary/aromatic N) is 3. The lowest BCUT2D eigenvalue weighted by Crippen LogP contribution is -2.42. The molecule has 1 aliphatic rings. The van der Waals surface area contributed by atoms with Crippen LogP contribution in [0, 0.1) is 6.92 Å². The number of amides is 1. The zero-order valence-corrected chi connectivity index (χ0v) is 16.1. The van der Waals surface area contributed by atoms with Crippen molar-refractivity contribution in [3.8, 4) is 0 Å². The van der Waals surface area contributed by atoms with Crippen molar-refractivity contribution in [1.29, 1.82) is 0 Å². The SMILES string of the molecule is Cc1ccccc1C(=O)N1CCn2cccc2[C@@H]1c1ccc(N(C)C)cc1. The largest absolute Gasteiger partial charge is 0.378 e. The highest BCUT2D eigenvalue weighted by Crippen LogP contribution is 2.34. The van der Waals surface area contributed by atoms with Crippen molar-refractivity contribution in [2.45, 2.75) is 19.5 Å². The number of hydrogen-bond acceptors (Lipinski definition) is 2. The van der Waals surface area contributed by atoms with Crippen molar-refractivity contribution in [3.05, 3.63) is 89.2 Å². The Morgan fingerprint density at radius 1 is 0.963 bits per heavy atom. The van der Waals surface area contributed by atoms with Gasteiger partial charge >= 0.3 is 0 Å². The number of hydrogen-bond donors (Lipinski definition) is 0. The van der Waals surface area contributed by atoms with E-state index in [1.807, 2.05) is 50.2 Å². The molecule has 0 radical (unpaired) electrons. The molecule has 1 atom stereocenters. The van der Waals surface area contributed by atoms with Gasteiger partial charge in [0.25, 0.3) is 5.91 Å². The van der Waals surface area contributed by atoms with Crippen LogP contribution in [0.25, 0.3) is 0 Å². The summed E-state index contributed by atoms with van der Waals surface area (Å²) in [4.78, 5) is 17.5. The first-order chi connectivity index (χ1) is 13.1. The Kier molecular flexibility index (Phi) is 4.48. The number of benzene rings is 2. The summed E-state index contributed by atoms with van der Waals surface area (Å²) < 4.78 is 2.26. The molecule has 2 heterocycles. The minimum atomic E-state index is -0.0722. The summed E-state index contributed by atoms with van der Waals surface area (Å²) >= 11 is 0. The average Bonchev–Trinajstić information content (AvgIpc) is 3.16. The minimum Gasteiger partial charge on any atom is -0.378 e. The fourth-order valence-electron chi connectivity index (χ4n) is 3.88. The molecule has 0 saturated carbocycles. The molecule has 2 aromatic carbocycles. The summed E-state index contributed by atoms with van der Waals surface area (Å²) in [5.74, 6) is 0.0993. The predicted molar refractivity (Wildman–Crippen MR) is 109 cm³/mol. The van der Waals surface area contributed by atoms with Gasteiger partial charge in [-0.15, -0.1) is 0 Å². The second-order valence-electron chi connectivity index (χ2n) is 7.33. The summed E-state index contributed by atoms with van der Waals surface area (Å²) in [7, 11) is 4.07. The maximum atomic E-state index is 13.4. The fraction of sp³-hybridized carbons (Fsp3) is 0.261. The molecule has 0 aliphatic carbocycles.